The molecule has 0 bridgehead atoms. The summed E-state index contributed by atoms with van der Waals surface area (Å²) in [4.78, 5) is 36.0. The van der Waals surface area contributed by atoms with Gasteiger partial charge in [-0.05, 0) is 58.6 Å². The van der Waals surface area contributed by atoms with Gasteiger partial charge in [0.1, 0.15) is 30.5 Å². The Morgan fingerprint density at radius 2 is 1.85 bits per heavy atom. The summed E-state index contributed by atoms with van der Waals surface area (Å²) in [6.45, 7) is 12.0. The van der Waals surface area contributed by atoms with Gasteiger partial charge < -0.3 is 24.6 Å². The van der Waals surface area contributed by atoms with E-state index in [1.54, 1.807) is 20.8 Å². The second kappa shape index (κ2) is 15.2. The normalized spacial score (nSPS) is 15.3. The highest BCUT2D eigenvalue weighted by Gasteiger charge is 2.31. The molecule has 1 heterocycles. The van der Waals surface area contributed by atoms with Crippen LogP contribution in [-0.4, -0.2) is 68.1 Å². The van der Waals surface area contributed by atoms with E-state index in [0.717, 1.165) is 27.8 Å². The topological polar surface area (TPSA) is 152 Å². The van der Waals surface area contributed by atoms with E-state index in [-0.39, 0.29) is 43.8 Å². The van der Waals surface area contributed by atoms with Crippen LogP contribution in [-0.2, 0) is 47.8 Å². The number of carbonyl (C=O) groups is 3. The predicted molar refractivity (Wildman–Crippen MR) is 148 cm³/mol. The standard InChI is InChI=1S/C27H42N3O8P/c1-7-20-18(5)22-16-38-27(34)24(22)25(32)21(20)11-10-17(4)14-28-12-13-39(35,29-15-23(31)36-8-2)30-19(6)26(33)37-9-3/h10,19,28,32H,7-9,11-16H2,1-6H3,(H2,29,30,35)/b17-10+/t19-,39?/m0/s1. The summed E-state index contributed by atoms with van der Waals surface area (Å²) in [5.41, 5.74) is 4.71. The fraction of sp³-hybridized carbons (Fsp3) is 0.593. The Balaban J connectivity index is 2.02. The summed E-state index contributed by atoms with van der Waals surface area (Å²) in [6.07, 6.45) is 3.26. The minimum absolute atomic E-state index is 0.0117. The van der Waals surface area contributed by atoms with Crippen molar-refractivity contribution in [2.45, 2.75) is 67.0 Å². The minimum Gasteiger partial charge on any atom is -0.507 e. The lowest BCUT2D eigenvalue weighted by Gasteiger charge is -2.24. The molecule has 2 atom stereocenters. The van der Waals surface area contributed by atoms with Crippen LogP contribution in [0.2, 0.25) is 0 Å². The van der Waals surface area contributed by atoms with Gasteiger partial charge in [0.2, 0.25) is 7.44 Å². The molecule has 39 heavy (non-hydrogen) atoms. The van der Waals surface area contributed by atoms with Crippen molar-refractivity contribution in [1.82, 2.24) is 15.5 Å². The van der Waals surface area contributed by atoms with Gasteiger partial charge in [-0.3, -0.25) is 14.2 Å². The Morgan fingerprint density at radius 3 is 2.49 bits per heavy atom. The largest absolute Gasteiger partial charge is 0.507 e. The highest BCUT2D eigenvalue weighted by molar-refractivity contribution is 7.59. The number of allylic oxidation sites excluding steroid dienone is 1. The third kappa shape index (κ3) is 8.89. The molecule has 0 aromatic heterocycles. The van der Waals surface area contributed by atoms with E-state index < -0.39 is 31.4 Å². The molecule has 0 radical (unpaired) electrons. The van der Waals surface area contributed by atoms with Crippen LogP contribution in [0.15, 0.2) is 11.6 Å². The lowest BCUT2D eigenvalue weighted by Crippen LogP contribution is -2.40. The molecular weight excluding hydrogens is 525 g/mol. The molecule has 0 spiro atoms. The molecule has 218 valence electrons. The SMILES string of the molecule is CCOC(=O)CNP(=O)(CCNC/C(C)=C/Cc1c(O)c2c(c(C)c1CC)COC2=O)N[C@@H](C)C(=O)OCC. The van der Waals surface area contributed by atoms with Crippen molar-refractivity contribution >= 4 is 25.4 Å². The molecule has 11 nitrogen and oxygen atoms in total. The monoisotopic (exact) mass is 567 g/mol. The highest BCUT2D eigenvalue weighted by atomic mass is 31.2. The number of nitrogens with one attached hydrogen (secondary N) is 3. The van der Waals surface area contributed by atoms with Gasteiger partial charge in [0, 0.05) is 30.4 Å². The molecular formula is C27H42N3O8P. The van der Waals surface area contributed by atoms with Crippen molar-refractivity contribution in [2.24, 2.45) is 0 Å². The number of fused-ring (bicyclic) bond motifs is 1. The number of rotatable bonds is 16. The number of benzene rings is 1. The smallest absolute Gasteiger partial charge is 0.342 e. The number of ether oxygens (including phenoxy) is 3. The fourth-order valence-corrected chi connectivity index (χ4v) is 6.41. The van der Waals surface area contributed by atoms with Crippen molar-refractivity contribution in [1.29, 1.82) is 0 Å². The van der Waals surface area contributed by atoms with E-state index in [4.69, 9.17) is 14.2 Å². The van der Waals surface area contributed by atoms with E-state index in [2.05, 4.69) is 15.5 Å². The zero-order chi connectivity index (χ0) is 29.2. The van der Waals surface area contributed by atoms with Gasteiger partial charge in [-0.1, -0.05) is 18.6 Å². The number of phenolic OH excluding ortho intramolecular Hbond substituents is 1. The van der Waals surface area contributed by atoms with Crippen LogP contribution in [0.25, 0.3) is 0 Å². The summed E-state index contributed by atoms with van der Waals surface area (Å²) < 4.78 is 28.5. The summed E-state index contributed by atoms with van der Waals surface area (Å²) in [5.74, 6) is -1.59. The Morgan fingerprint density at radius 1 is 1.15 bits per heavy atom. The molecule has 1 unspecified atom stereocenters. The van der Waals surface area contributed by atoms with Crippen molar-refractivity contribution in [3.05, 3.63) is 39.5 Å². The quantitative estimate of drug-likeness (QED) is 0.0767. The minimum atomic E-state index is -3.35. The van der Waals surface area contributed by atoms with Gasteiger partial charge in [0.25, 0.3) is 0 Å². The van der Waals surface area contributed by atoms with Crippen molar-refractivity contribution in [3.63, 3.8) is 0 Å². The van der Waals surface area contributed by atoms with E-state index in [1.165, 1.54) is 0 Å². The number of phenols is 1. The van der Waals surface area contributed by atoms with Crippen LogP contribution in [0.4, 0.5) is 0 Å². The first kappa shape index (κ1) is 32.5. The third-order valence-electron chi connectivity index (χ3n) is 6.49. The van der Waals surface area contributed by atoms with E-state index in [0.29, 0.717) is 25.9 Å². The molecule has 4 N–H and O–H groups in total. The molecule has 2 rings (SSSR count). The lowest BCUT2D eigenvalue weighted by molar-refractivity contribution is -0.144. The number of esters is 3. The van der Waals surface area contributed by atoms with Crippen LogP contribution in [0.5, 0.6) is 5.75 Å². The number of cyclic esters (lactones) is 1. The summed E-state index contributed by atoms with van der Waals surface area (Å²) >= 11 is 0. The number of carbonyl (C=O) groups excluding carboxylic acids is 3. The number of aromatic hydroxyl groups is 1. The van der Waals surface area contributed by atoms with E-state index in [9.17, 15) is 24.1 Å². The van der Waals surface area contributed by atoms with Crippen LogP contribution < -0.4 is 15.5 Å². The zero-order valence-electron chi connectivity index (χ0n) is 23.8. The van der Waals surface area contributed by atoms with E-state index >= 15 is 0 Å². The summed E-state index contributed by atoms with van der Waals surface area (Å²) in [7, 11) is -3.35. The average Bonchev–Trinajstić information content (AvgIpc) is 3.29. The van der Waals surface area contributed by atoms with Gasteiger partial charge in [-0.15, -0.1) is 0 Å². The molecule has 0 saturated carbocycles. The van der Waals surface area contributed by atoms with Gasteiger partial charge >= 0.3 is 17.9 Å². The van der Waals surface area contributed by atoms with Crippen molar-refractivity contribution < 1.29 is 38.3 Å². The van der Waals surface area contributed by atoms with Crippen molar-refractivity contribution in [3.8, 4) is 5.75 Å². The number of hydrogen-bond acceptors (Lipinski definition) is 9. The Bertz CT molecular complexity index is 1130. The Kier molecular flexibility index (Phi) is 12.6. The molecule has 1 aliphatic rings. The first-order valence-corrected chi connectivity index (χ1v) is 15.2. The van der Waals surface area contributed by atoms with Crippen LogP contribution >= 0.6 is 7.44 Å². The average molecular weight is 568 g/mol. The third-order valence-corrected chi connectivity index (χ3v) is 8.81. The Labute approximate surface area is 230 Å². The molecule has 0 saturated heterocycles. The highest BCUT2D eigenvalue weighted by Crippen LogP contribution is 2.38. The molecule has 12 heteroatoms. The predicted octanol–water partition coefficient (Wildman–Crippen LogP) is 2.90. The second-order valence-corrected chi connectivity index (χ2v) is 11.9. The summed E-state index contributed by atoms with van der Waals surface area (Å²) in [6, 6.07) is -0.833. The maximum Gasteiger partial charge on any atom is 0.342 e. The van der Waals surface area contributed by atoms with Gasteiger partial charge in [-0.25, -0.2) is 15.0 Å². The fourth-order valence-electron chi connectivity index (χ4n) is 4.44. The zero-order valence-corrected chi connectivity index (χ0v) is 24.7. The molecule has 1 aromatic carbocycles. The molecule has 1 aromatic rings. The molecule has 0 aliphatic carbocycles. The maximum atomic E-state index is 13.5. The van der Waals surface area contributed by atoms with Crippen molar-refractivity contribution in [2.75, 3.05) is 39.0 Å². The van der Waals surface area contributed by atoms with Gasteiger partial charge in [0.05, 0.1) is 13.2 Å². The van der Waals surface area contributed by atoms with Crippen LogP contribution in [0, 0.1) is 6.92 Å². The van der Waals surface area contributed by atoms with Crippen LogP contribution in [0.1, 0.15) is 67.2 Å². The summed E-state index contributed by atoms with van der Waals surface area (Å²) in [5, 5.41) is 19.6. The van der Waals surface area contributed by atoms with Gasteiger partial charge in [0.15, 0.2) is 0 Å². The first-order valence-electron chi connectivity index (χ1n) is 13.3. The lowest BCUT2D eigenvalue weighted by atomic mass is 9.89. The number of hydrogen-bond donors (Lipinski definition) is 4. The van der Waals surface area contributed by atoms with E-state index in [1.807, 2.05) is 26.8 Å². The maximum absolute atomic E-state index is 13.5. The van der Waals surface area contributed by atoms with Crippen LogP contribution in [0.3, 0.4) is 0 Å². The molecule has 0 amide bonds. The molecule has 1 aliphatic heterocycles. The Hall–Kier alpha value is -2.72. The molecule has 0 fully saturated rings. The second-order valence-electron chi connectivity index (χ2n) is 9.35. The van der Waals surface area contributed by atoms with Gasteiger partial charge in [-0.2, -0.15) is 0 Å². The first-order chi connectivity index (χ1) is 18.5.